The van der Waals surface area contributed by atoms with Crippen LogP contribution in [0.15, 0.2) is 93.6 Å². The molecule has 0 spiro atoms. The van der Waals surface area contributed by atoms with E-state index in [4.69, 9.17) is 9.98 Å². The second-order valence-corrected chi connectivity index (χ2v) is 8.26. The highest BCUT2D eigenvalue weighted by Gasteiger charge is 2.40. The Kier molecular flexibility index (Phi) is 3.72. The van der Waals surface area contributed by atoms with Crippen LogP contribution in [0.3, 0.4) is 0 Å². The molecule has 0 aromatic heterocycles. The van der Waals surface area contributed by atoms with Gasteiger partial charge < -0.3 is 0 Å². The van der Waals surface area contributed by atoms with E-state index in [1.165, 1.54) is 27.8 Å². The molecule has 30 heavy (non-hydrogen) atoms. The summed E-state index contributed by atoms with van der Waals surface area (Å²) in [6.45, 7) is 4.22. The third kappa shape index (κ3) is 2.55. The quantitative estimate of drug-likeness (QED) is 0.566. The summed E-state index contributed by atoms with van der Waals surface area (Å²) in [6, 6.07) is 23.8. The Morgan fingerprint density at radius 1 is 0.700 bits per heavy atom. The molecule has 3 aliphatic rings. The Hall–Kier alpha value is -3.59. The van der Waals surface area contributed by atoms with Crippen molar-refractivity contribution in [1.82, 2.24) is 0 Å². The van der Waals surface area contributed by atoms with Crippen LogP contribution in [0.25, 0.3) is 0 Å². The van der Waals surface area contributed by atoms with Gasteiger partial charge in [-0.1, -0.05) is 77.9 Å². The van der Waals surface area contributed by atoms with E-state index in [2.05, 4.69) is 85.6 Å². The molecular weight excluding hydrogens is 366 g/mol. The van der Waals surface area contributed by atoms with Gasteiger partial charge in [0.05, 0.1) is 29.1 Å². The molecule has 144 valence electrons. The zero-order valence-corrected chi connectivity index (χ0v) is 17.0. The fraction of sp³-hybridized carbons (Fsp3) is 0.148. The molecule has 3 aromatic rings. The third-order valence-electron chi connectivity index (χ3n) is 6.20. The van der Waals surface area contributed by atoms with E-state index in [0.29, 0.717) is 0 Å². The molecule has 3 aromatic carbocycles. The van der Waals surface area contributed by atoms with Crippen LogP contribution >= 0.6 is 0 Å². The first-order valence-corrected chi connectivity index (χ1v) is 10.4. The molecule has 0 N–H and O–H groups in total. The van der Waals surface area contributed by atoms with Crippen LogP contribution in [0.2, 0.25) is 0 Å². The number of benzene rings is 3. The normalized spacial score (nSPS) is 20.8. The summed E-state index contributed by atoms with van der Waals surface area (Å²) in [4.78, 5) is 14.7. The maximum atomic E-state index is 5.14. The van der Waals surface area contributed by atoms with Crippen molar-refractivity contribution >= 4 is 17.6 Å². The summed E-state index contributed by atoms with van der Waals surface area (Å²) < 4.78 is 0. The van der Waals surface area contributed by atoms with Gasteiger partial charge >= 0.3 is 0 Å². The SMILES string of the molecule is Cc1ccc(C2=NC3=CN=CC4N=C(c5ccc(C)cc5)c5cccc2c5C34)cc1. The van der Waals surface area contributed by atoms with Gasteiger partial charge in [-0.2, -0.15) is 0 Å². The van der Waals surface area contributed by atoms with Gasteiger partial charge in [0.1, 0.15) is 0 Å². The number of hydrogen-bond donors (Lipinski definition) is 0. The molecule has 3 heterocycles. The Labute approximate surface area is 176 Å². The molecule has 0 saturated carbocycles. The van der Waals surface area contributed by atoms with E-state index in [0.717, 1.165) is 28.2 Å². The topological polar surface area (TPSA) is 37.1 Å². The van der Waals surface area contributed by atoms with Gasteiger partial charge in [-0.25, -0.2) is 4.99 Å². The van der Waals surface area contributed by atoms with Gasteiger partial charge in [-0.15, -0.1) is 0 Å². The summed E-state index contributed by atoms with van der Waals surface area (Å²) in [5.74, 6) is 0.136. The van der Waals surface area contributed by atoms with Crippen molar-refractivity contribution in [2.45, 2.75) is 25.8 Å². The van der Waals surface area contributed by atoms with Gasteiger partial charge in [0.2, 0.25) is 0 Å². The molecule has 0 saturated heterocycles. The fourth-order valence-electron chi connectivity index (χ4n) is 4.67. The lowest BCUT2D eigenvalue weighted by Crippen LogP contribution is -2.34. The van der Waals surface area contributed by atoms with E-state index >= 15 is 0 Å². The minimum Gasteiger partial charge on any atom is -0.274 e. The average molecular weight is 387 g/mol. The molecule has 3 heteroatoms. The van der Waals surface area contributed by atoms with Crippen molar-refractivity contribution in [3.8, 4) is 0 Å². The molecule has 0 radical (unpaired) electrons. The van der Waals surface area contributed by atoms with Crippen molar-refractivity contribution in [3.05, 3.63) is 118 Å². The van der Waals surface area contributed by atoms with Crippen LogP contribution in [0.5, 0.6) is 0 Å². The average Bonchev–Trinajstić information content (AvgIpc) is 2.78. The Bertz CT molecular complexity index is 1290. The van der Waals surface area contributed by atoms with Crippen LogP contribution in [0, 0.1) is 13.8 Å². The molecule has 3 aliphatic heterocycles. The molecule has 0 amide bonds. The van der Waals surface area contributed by atoms with Gasteiger partial charge in [0.15, 0.2) is 0 Å². The summed E-state index contributed by atoms with van der Waals surface area (Å²) in [6.07, 6.45) is 3.87. The standard InChI is InChI=1S/C27H21N3/c1-16-6-10-18(11-7-16)26-20-4-3-5-21-24(20)25-22(29-26)14-28-15-23(25)30-27(21)19-12-8-17(2)9-13-19/h3-15,22,25H,1-2H3. The lowest BCUT2D eigenvalue weighted by molar-refractivity contribution is 0.688. The van der Waals surface area contributed by atoms with Crippen LogP contribution in [0.4, 0.5) is 0 Å². The number of aliphatic imine (C=N–C) groups is 3. The van der Waals surface area contributed by atoms with Crippen LogP contribution in [0.1, 0.15) is 44.9 Å². The molecule has 0 bridgehead atoms. The number of nitrogens with zero attached hydrogens (tertiary/aromatic N) is 3. The monoisotopic (exact) mass is 387 g/mol. The summed E-state index contributed by atoms with van der Waals surface area (Å²) in [5.41, 5.74) is 11.6. The molecule has 3 nitrogen and oxygen atoms in total. The minimum atomic E-state index is -0.0155. The van der Waals surface area contributed by atoms with E-state index in [-0.39, 0.29) is 12.0 Å². The zero-order chi connectivity index (χ0) is 20.2. The second-order valence-electron chi connectivity index (χ2n) is 8.26. The summed E-state index contributed by atoms with van der Waals surface area (Å²) in [5, 5.41) is 0. The molecule has 0 fully saturated rings. The first kappa shape index (κ1) is 17.3. The van der Waals surface area contributed by atoms with Crippen LogP contribution in [-0.2, 0) is 0 Å². The van der Waals surface area contributed by atoms with Gasteiger partial charge in [0, 0.05) is 34.7 Å². The van der Waals surface area contributed by atoms with Crippen molar-refractivity contribution in [2.24, 2.45) is 15.0 Å². The number of aryl methyl sites for hydroxylation is 2. The van der Waals surface area contributed by atoms with Crippen molar-refractivity contribution < 1.29 is 0 Å². The van der Waals surface area contributed by atoms with E-state index < -0.39 is 0 Å². The summed E-state index contributed by atoms with van der Waals surface area (Å²) in [7, 11) is 0. The van der Waals surface area contributed by atoms with Crippen LogP contribution in [-0.4, -0.2) is 23.7 Å². The van der Waals surface area contributed by atoms with Crippen molar-refractivity contribution in [2.75, 3.05) is 0 Å². The third-order valence-corrected chi connectivity index (χ3v) is 6.20. The minimum absolute atomic E-state index is 0.0155. The van der Waals surface area contributed by atoms with E-state index in [9.17, 15) is 0 Å². The smallest absolute Gasteiger partial charge is 0.0983 e. The highest BCUT2D eigenvalue weighted by molar-refractivity contribution is 6.21. The zero-order valence-electron chi connectivity index (χ0n) is 17.0. The van der Waals surface area contributed by atoms with Gasteiger partial charge in [-0.05, 0) is 19.4 Å². The van der Waals surface area contributed by atoms with Gasteiger partial charge in [-0.3, -0.25) is 9.98 Å². The highest BCUT2D eigenvalue weighted by atomic mass is 14.9. The van der Waals surface area contributed by atoms with Crippen molar-refractivity contribution in [1.29, 1.82) is 0 Å². The molecule has 6 rings (SSSR count). The second kappa shape index (κ2) is 6.46. The maximum absolute atomic E-state index is 5.14. The Morgan fingerprint density at radius 3 is 1.97 bits per heavy atom. The lowest BCUT2D eigenvalue weighted by Gasteiger charge is -2.36. The lowest BCUT2D eigenvalue weighted by atomic mass is 9.74. The summed E-state index contributed by atoms with van der Waals surface area (Å²) >= 11 is 0. The van der Waals surface area contributed by atoms with Crippen molar-refractivity contribution in [3.63, 3.8) is 0 Å². The molecular formula is C27H21N3. The van der Waals surface area contributed by atoms with Crippen LogP contribution < -0.4 is 0 Å². The largest absolute Gasteiger partial charge is 0.274 e. The molecule has 2 unspecified atom stereocenters. The number of rotatable bonds is 2. The number of hydrogen-bond acceptors (Lipinski definition) is 3. The predicted molar refractivity (Wildman–Crippen MR) is 123 cm³/mol. The van der Waals surface area contributed by atoms with E-state index in [1.807, 2.05) is 12.4 Å². The predicted octanol–water partition coefficient (Wildman–Crippen LogP) is 5.38. The Morgan fingerprint density at radius 2 is 1.30 bits per heavy atom. The first-order valence-electron chi connectivity index (χ1n) is 10.4. The first-order chi connectivity index (χ1) is 14.7. The molecule has 0 aliphatic carbocycles. The van der Waals surface area contributed by atoms with Gasteiger partial charge in [0.25, 0.3) is 0 Å². The van der Waals surface area contributed by atoms with E-state index in [1.54, 1.807) is 0 Å². The maximum Gasteiger partial charge on any atom is 0.0983 e. The fourth-order valence-corrected chi connectivity index (χ4v) is 4.67. The highest BCUT2D eigenvalue weighted by Crippen LogP contribution is 2.44. The molecule has 2 atom stereocenters. The Balaban J connectivity index is 1.60.